The van der Waals surface area contributed by atoms with Gasteiger partial charge in [0.1, 0.15) is 11.6 Å². The van der Waals surface area contributed by atoms with Crippen molar-refractivity contribution in [3.63, 3.8) is 0 Å². The average Bonchev–Trinajstić information content (AvgIpc) is 3.53. The van der Waals surface area contributed by atoms with Gasteiger partial charge in [-0.1, -0.05) is 25.4 Å². The number of halogens is 2. The highest BCUT2D eigenvalue weighted by Crippen LogP contribution is 2.47. The SMILES string of the molecule is CC(C)c1ncc2n1-c1ncccc1NC21CCN(C(=C2CC2)c2cc(Cl)ccc2F)CC1. The monoisotopic (exact) mass is 463 g/mol. The smallest absolute Gasteiger partial charge is 0.161 e. The first-order valence-corrected chi connectivity index (χ1v) is 12.1. The fourth-order valence-corrected chi connectivity index (χ4v) is 5.56. The molecule has 33 heavy (non-hydrogen) atoms. The number of likely N-dealkylation sites (tertiary alicyclic amines) is 1. The Bertz CT molecular complexity index is 1260. The molecule has 2 fully saturated rings. The highest BCUT2D eigenvalue weighted by molar-refractivity contribution is 6.30. The van der Waals surface area contributed by atoms with Crippen molar-refractivity contribution in [3.05, 3.63) is 76.2 Å². The minimum atomic E-state index is -0.223. The van der Waals surface area contributed by atoms with Crippen molar-refractivity contribution >= 4 is 23.0 Å². The number of allylic oxidation sites excluding steroid dienone is 1. The Hall–Kier alpha value is -2.86. The van der Waals surface area contributed by atoms with Crippen LogP contribution in [0.25, 0.3) is 11.5 Å². The summed E-state index contributed by atoms with van der Waals surface area (Å²) in [4.78, 5) is 11.8. The minimum Gasteiger partial charge on any atom is -0.371 e. The van der Waals surface area contributed by atoms with E-state index < -0.39 is 0 Å². The summed E-state index contributed by atoms with van der Waals surface area (Å²) in [7, 11) is 0. The van der Waals surface area contributed by atoms with Crippen LogP contribution in [0.3, 0.4) is 0 Å². The molecule has 1 aliphatic carbocycles. The minimum absolute atomic E-state index is 0.204. The number of hydrogen-bond acceptors (Lipinski definition) is 4. The van der Waals surface area contributed by atoms with Crippen LogP contribution in [0.1, 0.15) is 62.5 Å². The lowest BCUT2D eigenvalue weighted by Gasteiger charge is -2.47. The molecule has 0 bridgehead atoms. The first kappa shape index (κ1) is 20.7. The number of anilines is 1. The number of benzene rings is 1. The molecule has 0 atom stereocenters. The lowest BCUT2D eigenvalue weighted by molar-refractivity contribution is 0.228. The van der Waals surface area contributed by atoms with E-state index in [1.807, 2.05) is 18.5 Å². The summed E-state index contributed by atoms with van der Waals surface area (Å²) in [6.45, 7) is 6.00. The summed E-state index contributed by atoms with van der Waals surface area (Å²) >= 11 is 6.24. The molecule has 3 aromatic rings. The van der Waals surface area contributed by atoms with Crippen molar-refractivity contribution in [1.82, 2.24) is 19.4 Å². The van der Waals surface area contributed by atoms with E-state index >= 15 is 0 Å². The van der Waals surface area contributed by atoms with Gasteiger partial charge in [-0.2, -0.15) is 0 Å². The zero-order valence-electron chi connectivity index (χ0n) is 18.9. The lowest BCUT2D eigenvalue weighted by Crippen LogP contribution is -2.49. The predicted octanol–water partition coefficient (Wildman–Crippen LogP) is 6.10. The van der Waals surface area contributed by atoms with Gasteiger partial charge in [-0.05, 0) is 61.6 Å². The molecule has 1 N–H and O–H groups in total. The summed E-state index contributed by atoms with van der Waals surface area (Å²) in [5.41, 5.74) is 4.99. The van der Waals surface area contributed by atoms with Crippen molar-refractivity contribution < 1.29 is 4.39 Å². The molecule has 0 radical (unpaired) electrons. The van der Waals surface area contributed by atoms with Gasteiger partial charge in [0.15, 0.2) is 5.82 Å². The Kier molecular flexibility index (Phi) is 4.77. The van der Waals surface area contributed by atoms with E-state index in [1.165, 1.54) is 17.3 Å². The van der Waals surface area contributed by atoms with Crippen LogP contribution in [0.15, 0.2) is 48.3 Å². The van der Waals surface area contributed by atoms with Crippen molar-refractivity contribution in [2.24, 2.45) is 0 Å². The van der Waals surface area contributed by atoms with E-state index in [0.717, 1.165) is 61.8 Å². The van der Waals surface area contributed by atoms with Crippen molar-refractivity contribution in [3.8, 4) is 5.82 Å². The fraction of sp³-hybridized carbons (Fsp3) is 0.385. The largest absolute Gasteiger partial charge is 0.371 e. The number of imidazole rings is 1. The predicted molar refractivity (Wildman–Crippen MR) is 129 cm³/mol. The van der Waals surface area contributed by atoms with Crippen molar-refractivity contribution in [2.75, 3.05) is 18.4 Å². The third-order valence-corrected chi connectivity index (χ3v) is 7.35. The second-order valence-corrected chi connectivity index (χ2v) is 10.1. The van der Waals surface area contributed by atoms with Gasteiger partial charge in [0.2, 0.25) is 0 Å². The molecule has 1 aromatic carbocycles. The summed E-state index contributed by atoms with van der Waals surface area (Å²) in [6, 6.07) is 8.94. The Labute approximate surface area is 198 Å². The molecule has 2 aromatic heterocycles. The van der Waals surface area contributed by atoms with Crippen LogP contribution in [-0.2, 0) is 5.54 Å². The van der Waals surface area contributed by atoms with E-state index in [9.17, 15) is 4.39 Å². The molecular formula is C26H27ClFN5. The average molecular weight is 464 g/mol. The van der Waals surface area contributed by atoms with Gasteiger partial charge in [-0.3, -0.25) is 4.57 Å². The van der Waals surface area contributed by atoms with Crippen LogP contribution >= 0.6 is 11.6 Å². The third-order valence-electron chi connectivity index (χ3n) is 7.12. The molecule has 6 rings (SSSR count). The van der Waals surface area contributed by atoms with Gasteiger partial charge in [0, 0.05) is 41.5 Å². The lowest BCUT2D eigenvalue weighted by atomic mass is 9.82. The van der Waals surface area contributed by atoms with Crippen LogP contribution < -0.4 is 5.32 Å². The summed E-state index contributed by atoms with van der Waals surface area (Å²) in [6.07, 6.45) is 7.71. The fourth-order valence-electron chi connectivity index (χ4n) is 5.38. The zero-order valence-corrected chi connectivity index (χ0v) is 19.7. The van der Waals surface area contributed by atoms with Gasteiger partial charge in [0.05, 0.1) is 23.1 Å². The van der Waals surface area contributed by atoms with E-state index in [4.69, 9.17) is 16.6 Å². The molecule has 1 saturated carbocycles. The maximum Gasteiger partial charge on any atom is 0.161 e. The number of pyridine rings is 1. The molecule has 3 aliphatic rings. The molecule has 4 heterocycles. The number of piperidine rings is 1. The van der Waals surface area contributed by atoms with Crippen LogP contribution in [0.4, 0.5) is 10.1 Å². The highest BCUT2D eigenvalue weighted by atomic mass is 35.5. The Morgan fingerprint density at radius 3 is 2.67 bits per heavy atom. The first-order chi connectivity index (χ1) is 16.0. The summed E-state index contributed by atoms with van der Waals surface area (Å²) in [5.74, 6) is 2.05. The van der Waals surface area contributed by atoms with Crippen molar-refractivity contribution in [2.45, 2.75) is 51.0 Å². The molecule has 1 spiro atoms. The van der Waals surface area contributed by atoms with Crippen molar-refractivity contribution in [1.29, 1.82) is 0 Å². The molecular weight excluding hydrogens is 437 g/mol. The molecule has 2 aliphatic heterocycles. The maximum atomic E-state index is 14.8. The van der Waals surface area contributed by atoms with Gasteiger partial charge >= 0.3 is 0 Å². The molecule has 1 saturated heterocycles. The van der Waals surface area contributed by atoms with Gasteiger partial charge in [0.25, 0.3) is 0 Å². The standard InChI is InChI=1S/C26H27ClFN5/c1-16(2)24-30-15-22-26(31-21-4-3-11-29-25(21)33(22)24)9-12-32(13-10-26)23(17-5-6-17)19-14-18(27)7-8-20(19)28/h3-4,7-8,11,14-16,31H,5-6,9-10,12-13H2,1-2H3. The Balaban J connectivity index is 1.36. The number of rotatable bonds is 3. The number of nitrogens with zero attached hydrogens (tertiary/aromatic N) is 4. The summed E-state index contributed by atoms with van der Waals surface area (Å²) < 4.78 is 17.1. The first-order valence-electron chi connectivity index (χ1n) is 11.7. The number of aromatic nitrogens is 3. The molecule has 5 nitrogen and oxygen atoms in total. The van der Waals surface area contributed by atoms with E-state index in [-0.39, 0.29) is 11.4 Å². The number of fused-ring (bicyclic) bond motifs is 4. The molecule has 0 amide bonds. The summed E-state index contributed by atoms with van der Waals surface area (Å²) in [5, 5.41) is 4.40. The van der Waals surface area contributed by atoms with E-state index in [0.29, 0.717) is 16.5 Å². The van der Waals surface area contributed by atoms with E-state index in [1.54, 1.807) is 12.1 Å². The number of nitrogens with one attached hydrogen (secondary N) is 1. The van der Waals surface area contributed by atoms with E-state index in [2.05, 4.69) is 39.7 Å². The highest BCUT2D eigenvalue weighted by Gasteiger charge is 2.44. The quantitative estimate of drug-likeness (QED) is 0.509. The van der Waals surface area contributed by atoms with Crippen LogP contribution in [0.2, 0.25) is 5.02 Å². The Morgan fingerprint density at radius 2 is 1.94 bits per heavy atom. The van der Waals surface area contributed by atoms with Crippen LogP contribution in [0.5, 0.6) is 0 Å². The maximum absolute atomic E-state index is 14.8. The topological polar surface area (TPSA) is 46.0 Å². The second kappa shape index (κ2) is 7.59. The van der Waals surface area contributed by atoms with Crippen LogP contribution in [0, 0.1) is 5.82 Å². The van der Waals surface area contributed by atoms with Gasteiger partial charge in [-0.25, -0.2) is 14.4 Å². The Morgan fingerprint density at radius 1 is 1.15 bits per heavy atom. The second-order valence-electron chi connectivity index (χ2n) is 9.64. The normalized spacial score (nSPS) is 18.2. The third kappa shape index (κ3) is 3.34. The van der Waals surface area contributed by atoms with Gasteiger partial charge < -0.3 is 10.2 Å². The molecule has 0 unspecified atom stereocenters. The van der Waals surface area contributed by atoms with Crippen LogP contribution in [-0.4, -0.2) is 32.5 Å². The van der Waals surface area contributed by atoms with Gasteiger partial charge in [-0.15, -0.1) is 0 Å². The molecule has 170 valence electrons. The zero-order chi connectivity index (χ0) is 22.7. The molecule has 7 heteroatoms. The number of hydrogen-bond donors (Lipinski definition) is 1.